The summed E-state index contributed by atoms with van der Waals surface area (Å²) < 4.78 is 6.26. The van der Waals surface area contributed by atoms with Crippen molar-refractivity contribution in [3.63, 3.8) is 0 Å². The van der Waals surface area contributed by atoms with Crippen LogP contribution < -0.4 is 5.32 Å². The van der Waals surface area contributed by atoms with Crippen molar-refractivity contribution in [3.05, 3.63) is 35.5 Å². The Balaban J connectivity index is 1.65. The van der Waals surface area contributed by atoms with Crippen molar-refractivity contribution in [1.82, 2.24) is 15.1 Å². The molecule has 0 amide bonds. The second kappa shape index (κ2) is 4.97. The monoisotopic (exact) mass is 274 g/mol. The van der Waals surface area contributed by atoms with E-state index < -0.39 is 0 Å². The van der Waals surface area contributed by atoms with Crippen molar-refractivity contribution < 1.29 is 4.52 Å². The minimum absolute atomic E-state index is 0.655. The summed E-state index contributed by atoms with van der Waals surface area (Å²) in [5, 5.41) is 7.98. The molecule has 0 bridgehead atoms. The zero-order valence-electron chi connectivity index (χ0n) is 10.8. The average Bonchev–Trinajstić information content (AvgIpc) is 2.95. The van der Waals surface area contributed by atoms with Gasteiger partial charge in [-0.2, -0.15) is 4.98 Å². The normalized spacial score (nSPS) is 11.1. The highest BCUT2D eigenvalue weighted by Crippen LogP contribution is 2.26. The Morgan fingerprint density at radius 1 is 1.26 bits per heavy atom. The van der Waals surface area contributed by atoms with Crippen molar-refractivity contribution in [2.75, 3.05) is 11.9 Å². The van der Waals surface area contributed by atoms with Gasteiger partial charge in [0.25, 0.3) is 0 Å². The molecule has 0 fully saturated rings. The molecule has 19 heavy (non-hydrogen) atoms. The summed E-state index contributed by atoms with van der Waals surface area (Å²) in [6.45, 7) is 4.64. The van der Waals surface area contributed by atoms with Gasteiger partial charge >= 0.3 is 0 Å². The Labute approximate surface area is 114 Å². The largest absolute Gasteiger partial charge is 0.361 e. The van der Waals surface area contributed by atoms with Crippen LogP contribution in [0.15, 0.2) is 22.7 Å². The molecule has 98 valence electrons. The van der Waals surface area contributed by atoms with E-state index in [1.165, 1.54) is 10.3 Å². The van der Waals surface area contributed by atoms with Gasteiger partial charge in [-0.25, -0.2) is 4.98 Å². The number of hydrogen-bond acceptors (Lipinski definition) is 6. The van der Waals surface area contributed by atoms with E-state index >= 15 is 0 Å². The first kappa shape index (κ1) is 12.1. The fourth-order valence-electron chi connectivity index (χ4n) is 1.83. The topological polar surface area (TPSA) is 63.8 Å². The molecule has 5 nitrogen and oxygen atoms in total. The van der Waals surface area contributed by atoms with Crippen molar-refractivity contribution >= 4 is 26.7 Å². The number of nitrogens with one attached hydrogen (secondary N) is 1. The summed E-state index contributed by atoms with van der Waals surface area (Å²) in [5.41, 5.74) is 2.29. The van der Waals surface area contributed by atoms with Gasteiger partial charge in [0.15, 0.2) is 11.0 Å². The third-order valence-corrected chi connectivity index (χ3v) is 3.70. The number of anilines is 1. The zero-order chi connectivity index (χ0) is 13.2. The van der Waals surface area contributed by atoms with Crippen molar-refractivity contribution in [2.24, 2.45) is 0 Å². The van der Waals surface area contributed by atoms with Gasteiger partial charge in [0.1, 0.15) is 0 Å². The van der Waals surface area contributed by atoms with Gasteiger partial charge in [-0.15, -0.1) is 0 Å². The van der Waals surface area contributed by atoms with E-state index in [2.05, 4.69) is 39.5 Å². The van der Waals surface area contributed by atoms with Gasteiger partial charge in [-0.3, -0.25) is 0 Å². The van der Waals surface area contributed by atoms with Crippen LogP contribution in [0.4, 0.5) is 5.13 Å². The molecule has 0 aliphatic rings. The van der Waals surface area contributed by atoms with Crippen LogP contribution in [0.1, 0.15) is 17.3 Å². The van der Waals surface area contributed by atoms with E-state index in [-0.39, 0.29) is 0 Å². The fraction of sp³-hybridized carbons (Fsp3) is 0.308. The third kappa shape index (κ3) is 2.73. The predicted octanol–water partition coefficient (Wildman–Crippen LogP) is 2.95. The van der Waals surface area contributed by atoms with E-state index in [0.29, 0.717) is 18.1 Å². The minimum Gasteiger partial charge on any atom is -0.361 e. The molecule has 1 N–H and O–H groups in total. The maximum absolute atomic E-state index is 5.06. The zero-order valence-corrected chi connectivity index (χ0v) is 11.6. The summed E-state index contributed by atoms with van der Waals surface area (Å²) in [6.07, 6.45) is 0.704. The Kier molecular flexibility index (Phi) is 3.16. The van der Waals surface area contributed by atoms with E-state index in [1.54, 1.807) is 11.3 Å². The summed E-state index contributed by atoms with van der Waals surface area (Å²) in [4.78, 5) is 8.69. The summed E-state index contributed by atoms with van der Waals surface area (Å²) in [7, 11) is 0. The number of aryl methyl sites for hydroxylation is 2. The molecular weight excluding hydrogens is 260 g/mol. The lowest BCUT2D eigenvalue weighted by molar-refractivity contribution is 0.377. The highest BCUT2D eigenvalue weighted by molar-refractivity contribution is 7.22. The lowest BCUT2D eigenvalue weighted by Crippen LogP contribution is -2.04. The number of rotatable bonds is 4. The molecule has 0 radical (unpaired) electrons. The number of thiazole rings is 1. The smallest absolute Gasteiger partial charge is 0.228 e. The molecule has 3 rings (SSSR count). The van der Waals surface area contributed by atoms with Crippen LogP contribution in [0.2, 0.25) is 0 Å². The summed E-state index contributed by atoms with van der Waals surface area (Å²) in [6, 6.07) is 6.28. The SMILES string of the molecule is Cc1ccc2nc(NCCc3nc(C)no3)sc2c1. The minimum atomic E-state index is 0.655. The van der Waals surface area contributed by atoms with Crippen molar-refractivity contribution in [1.29, 1.82) is 0 Å². The molecule has 0 atom stereocenters. The Morgan fingerprint density at radius 2 is 2.16 bits per heavy atom. The van der Waals surface area contributed by atoms with Crippen molar-refractivity contribution in [2.45, 2.75) is 20.3 Å². The maximum Gasteiger partial charge on any atom is 0.228 e. The molecular formula is C13H14N4OS. The predicted molar refractivity (Wildman–Crippen MR) is 75.6 cm³/mol. The van der Waals surface area contributed by atoms with Gasteiger partial charge in [0.05, 0.1) is 10.2 Å². The molecule has 2 aromatic heterocycles. The number of nitrogens with zero attached hydrogens (tertiary/aromatic N) is 3. The molecule has 0 aliphatic carbocycles. The third-order valence-electron chi connectivity index (χ3n) is 2.73. The number of benzene rings is 1. The number of fused-ring (bicyclic) bond motifs is 1. The Morgan fingerprint density at radius 3 is 2.95 bits per heavy atom. The fourth-order valence-corrected chi connectivity index (χ4v) is 2.81. The number of hydrogen-bond donors (Lipinski definition) is 1. The highest BCUT2D eigenvalue weighted by Gasteiger charge is 2.05. The number of aromatic nitrogens is 3. The van der Waals surface area contributed by atoms with Crippen LogP contribution in [0.5, 0.6) is 0 Å². The summed E-state index contributed by atoms with van der Waals surface area (Å²) in [5.74, 6) is 1.33. The lowest BCUT2D eigenvalue weighted by atomic mass is 10.2. The first-order valence-corrected chi connectivity index (χ1v) is 6.92. The molecule has 2 heterocycles. The molecule has 0 unspecified atom stereocenters. The second-order valence-electron chi connectivity index (χ2n) is 4.40. The van der Waals surface area contributed by atoms with E-state index in [4.69, 9.17) is 4.52 Å². The van der Waals surface area contributed by atoms with Crippen LogP contribution in [-0.2, 0) is 6.42 Å². The van der Waals surface area contributed by atoms with Crippen LogP contribution in [-0.4, -0.2) is 21.7 Å². The maximum atomic E-state index is 5.06. The van der Waals surface area contributed by atoms with Crippen molar-refractivity contribution in [3.8, 4) is 0 Å². The summed E-state index contributed by atoms with van der Waals surface area (Å²) >= 11 is 1.66. The first-order valence-electron chi connectivity index (χ1n) is 6.11. The van der Waals surface area contributed by atoms with Gasteiger partial charge < -0.3 is 9.84 Å². The van der Waals surface area contributed by atoms with Crippen LogP contribution in [0.25, 0.3) is 10.2 Å². The first-order chi connectivity index (χ1) is 9.20. The highest BCUT2D eigenvalue weighted by atomic mass is 32.1. The van der Waals surface area contributed by atoms with Gasteiger partial charge in [-0.05, 0) is 31.5 Å². The van der Waals surface area contributed by atoms with Crippen LogP contribution in [0.3, 0.4) is 0 Å². The quantitative estimate of drug-likeness (QED) is 0.792. The van der Waals surface area contributed by atoms with E-state index in [9.17, 15) is 0 Å². The average molecular weight is 274 g/mol. The van der Waals surface area contributed by atoms with Crippen LogP contribution >= 0.6 is 11.3 Å². The second-order valence-corrected chi connectivity index (χ2v) is 5.43. The molecule has 3 aromatic rings. The Bertz CT molecular complexity index is 704. The molecule has 1 aromatic carbocycles. The molecule has 6 heteroatoms. The lowest BCUT2D eigenvalue weighted by Gasteiger charge is -1.97. The standard InChI is InChI=1S/C13H14N4OS/c1-8-3-4-10-11(7-8)19-13(16-10)14-6-5-12-15-9(2)17-18-12/h3-4,7H,5-6H2,1-2H3,(H,14,16). The Hall–Kier alpha value is -1.95. The van der Waals surface area contributed by atoms with Gasteiger partial charge in [0, 0.05) is 13.0 Å². The van der Waals surface area contributed by atoms with E-state index in [1.807, 2.05) is 13.0 Å². The molecule has 0 aliphatic heterocycles. The molecule has 0 saturated carbocycles. The molecule has 0 saturated heterocycles. The van der Waals surface area contributed by atoms with Gasteiger partial charge in [-0.1, -0.05) is 22.6 Å². The van der Waals surface area contributed by atoms with Gasteiger partial charge in [0.2, 0.25) is 5.89 Å². The van der Waals surface area contributed by atoms with Crippen LogP contribution in [0, 0.1) is 13.8 Å². The molecule has 0 spiro atoms. The van der Waals surface area contributed by atoms with E-state index in [0.717, 1.165) is 17.2 Å².